The molecule has 0 radical (unpaired) electrons. The van der Waals surface area contributed by atoms with Gasteiger partial charge in [-0.15, -0.1) is 0 Å². The highest BCUT2D eigenvalue weighted by Crippen LogP contribution is 2.22. The van der Waals surface area contributed by atoms with Gasteiger partial charge in [0.2, 0.25) is 10.0 Å². The van der Waals surface area contributed by atoms with Gasteiger partial charge in [0.15, 0.2) is 6.61 Å². The molecule has 0 spiro atoms. The molecule has 1 heterocycles. The normalized spacial score (nSPS) is 21.0. The SMILES string of the molecule is C[C@H]1CN(C(=O)COC(=O)c2ccc(Cl)c(S(N)(=O)=O)c2)C[C@H](C)O1. The molecule has 1 aliphatic rings. The number of amides is 1. The van der Waals surface area contributed by atoms with Crippen molar-refractivity contribution >= 4 is 33.5 Å². The third-order valence-electron chi connectivity index (χ3n) is 3.57. The first-order valence-corrected chi connectivity index (χ1v) is 9.43. The first-order chi connectivity index (χ1) is 11.6. The molecular formula is C15H19ClN2O6S. The van der Waals surface area contributed by atoms with Crippen LogP contribution in [-0.2, 0) is 24.3 Å². The number of esters is 1. The fraction of sp³-hybridized carbons (Fsp3) is 0.467. The summed E-state index contributed by atoms with van der Waals surface area (Å²) in [6.45, 7) is 4.08. The third-order valence-corrected chi connectivity index (χ3v) is 4.96. The Bertz CT molecular complexity index is 772. The van der Waals surface area contributed by atoms with Crippen LogP contribution in [0.5, 0.6) is 0 Å². The summed E-state index contributed by atoms with van der Waals surface area (Å²) in [4.78, 5) is 25.4. The monoisotopic (exact) mass is 390 g/mol. The summed E-state index contributed by atoms with van der Waals surface area (Å²) in [7, 11) is -4.08. The van der Waals surface area contributed by atoms with Gasteiger partial charge in [0.25, 0.3) is 5.91 Å². The highest BCUT2D eigenvalue weighted by molar-refractivity contribution is 7.89. The minimum Gasteiger partial charge on any atom is -0.452 e. The van der Waals surface area contributed by atoms with Crippen LogP contribution in [0.1, 0.15) is 24.2 Å². The maximum atomic E-state index is 12.2. The van der Waals surface area contributed by atoms with Gasteiger partial charge in [0.05, 0.1) is 22.8 Å². The Balaban J connectivity index is 2.02. The van der Waals surface area contributed by atoms with Crippen LogP contribution >= 0.6 is 11.6 Å². The molecule has 25 heavy (non-hydrogen) atoms. The Kier molecular flexibility index (Phi) is 6.04. The average molecular weight is 391 g/mol. The Hall–Kier alpha value is -1.68. The summed E-state index contributed by atoms with van der Waals surface area (Å²) in [5.74, 6) is -1.19. The molecule has 1 amide bonds. The zero-order chi connectivity index (χ0) is 18.8. The summed E-state index contributed by atoms with van der Waals surface area (Å²) in [5.41, 5.74) is -0.0649. The first kappa shape index (κ1) is 19.6. The average Bonchev–Trinajstić information content (AvgIpc) is 2.50. The fourth-order valence-corrected chi connectivity index (χ4v) is 3.60. The molecule has 0 aromatic heterocycles. The molecule has 1 aromatic carbocycles. The maximum Gasteiger partial charge on any atom is 0.338 e. The smallest absolute Gasteiger partial charge is 0.338 e. The van der Waals surface area contributed by atoms with Crippen molar-refractivity contribution < 1.29 is 27.5 Å². The number of hydrogen-bond donors (Lipinski definition) is 1. The van der Waals surface area contributed by atoms with Gasteiger partial charge in [-0.3, -0.25) is 4.79 Å². The van der Waals surface area contributed by atoms with E-state index in [9.17, 15) is 18.0 Å². The van der Waals surface area contributed by atoms with Crippen LogP contribution in [0.3, 0.4) is 0 Å². The zero-order valence-corrected chi connectivity index (χ0v) is 15.3. The quantitative estimate of drug-likeness (QED) is 0.759. The standard InChI is InChI=1S/C15H19ClN2O6S/c1-9-6-18(7-10(2)24-9)14(19)8-23-15(20)11-3-4-12(16)13(5-11)25(17,21)22/h3-5,9-10H,6-8H2,1-2H3,(H2,17,21,22)/t9-,10-/m0/s1. The van der Waals surface area contributed by atoms with Gasteiger partial charge in [0.1, 0.15) is 4.90 Å². The lowest BCUT2D eigenvalue weighted by molar-refractivity contribution is -0.146. The van der Waals surface area contributed by atoms with Gasteiger partial charge in [-0.05, 0) is 32.0 Å². The topological polar surface area (TPSA) is 116 Å². The summed E-state index contributed by atoms with van der Waals surface area (Å²) in [6, 6.07) is 3.54. The molecule has 2 rings (SSSR count). The lowest BCUT2D eigenvalue weighted by Gasteiger charge is -2.35. The van der Waals surface area contributed by atoms with Gasteiger partial charge in [-0.1, -0.05) is 11.6 Å². The summed E-state index contributed by atoms with van der Waals surface area (Å²) in [5, 5.41) is 4.93. The van der Waals surface area contributed by atoms with Crippen molar-refractivity contribution in [3.63, 3.8) is 0 Å². The Labute approximate surface area is 150 Å². The number of hydrogen-bond acceptors (Lipinski definition) is 6. The van der Waals surface area contributed by atoms with Crippen molar-refractivity contribution in [2.75, 3.05) is 19.7 Å². The van der Waals surface area contributed by atoms with E-state index in [-0.39, 0.29) is 33.6 Å². The van der Waals surface area contributed by atoms with Crippen molar-refractivity contribution in [3.8, 4) is 0 Å². The van der Waals surface area contributed by atoms with E-state index in [0.29, 0.717) is 13.1 Å². The van der Waals surface area contributed by atoms with Gasteiger partial charge in [-0.2, -0.15) is 0 Å². The van der Waals surface area contributed by atoms with Gasteiger partial charge in [0, 0.05) is 13.1 Å². The molecule has 10 heteroatoms. The number of carbonyl (C=O) groups is 2. The van der Waals surface area contributed by atoms with Crippen LogP contribution in [0.4, 0.5) is 0 Å². The van der Waals surface area contributed by atoms with E-state index in [1.807, 2.05) is 13.8 Å². The highest BCUT2D eigenvalue weighted by atomic mass is 35.5. The van der Waals surface area contributed by atoms with Crippen molar-refractivity contribution in [1.29, 1.82) is 0 Å². The van der Waals surface area contributed by atoms with E-state index in [1.165, 1.54) is 12.1 Å². The van der Waals surface area contributed by atoms with E-state index in [2.05, 4.69) is 0 Å². The Morgan fingerprint density at radius 1 is 1.32 bits per heavy atom. The molecule has 1 fully saturated rings. The zero-order valence-electron chi connectivity index (χ0n) is 13.8. The molecule has 1 saturated heterocycles. The molecule has 1 aromatic rings. The Morgan fingerprint density at radius 3 is 2.48 bits per heavy atom. The summed E-state index contributed by atoms with van der Waals surface area (Å²) < 4.78 is 33.4. The third kappa shape index (κ3) is 5.15. The van der Waals surface area contributed by atoms with E-state index in [4.69, 9.17) is 26.2 Å². The van der Waals surface area contributed by atoms with Crippen molar-refractivity contribution in [1.82, 2.24) is 4.90 Å². The molecule has 2 N–H and O–H groups in total. The van der Waals surface area contributed by atoms with Gasteiger partial charge < -0.3 is 14.4 Å². The van der Waals surface area contributed by atoms with Crippen molar-refractivity contribution in [2.24, 2.45) is 5.14 Å². The van der Waals surface area contributed by atoms with E-state index >= 15 is 0 Å². The predicted molar refractivity (Wildman–Crippen MR) is 89.7 cm³/mol. The van der Waals surface area contributed by atoms with Crippen LogP contribution in [0.15, 0.2) is 23.1 Å². The number of rotatable bonds is 4. The molecule has 138 valence electrons. The maximum absolute atomic E-state index is 12.2. The number of nitrogens with two attached hydrogens (primary N) is 1. The second kappa shape index (κ2) is 7.69. The number of ether oxygens (including phenoxy) is 2. The number of carbonyl (C=O) groups excluding carboxylic acids is 2. The first-order valence-electron chi connectivity index (χ1n) is 7.50. The Morgan fingerprint density at radius 2 is 1.92 bits per heavy atom. The molecule has 0 aliphatic carbocycles. The van der Waals surface area contributed by atoms with Crippen molar-refractivity contribution in [2.45, 2.75) is 31.0 Å². The minimum atomic E-state index is -4.08. The highest BCUT2D eigenvalue weighted by Gasteiger charge is 2.26. The van der Waals surface area contributed by atoms with E-state index < -0.39 is 22.6 Å². The molecular weight excluding hydrogens is 372 g/mol. The number of nitrogens with zero attached hydrogens (tertiary/aromatic N) is 1. The van der Waals surface area contributed by atoms with Crippen LogP contribution in [0.25, 0.3) is 0 Å². The fourth-order valence-electron chi connectivity index (χ4n) is 2.53. The largest absolute Gasteiger partial charge is 0.452 e. The molecule has 0 saturated carbocycles. The molecule has 2 atom stereocenters. The molecule has 1 aliphatic heterocycles. The molecule has 0 unspecified atom stereocenters. The number of morpholine rings is 1. The van der Waals surface area contributed by atoms with Crippen LogP contribution in [-0.4, -0.2) is 57.1 Å². The lowest BCUT2D eigenvalue weighted by atomic mass is 10.2. The summed E-state index contributed by atoms with van der Waals surface area (Å²) >= 11 is 5.76. The summed E-state index contributed by atoms with van der Waals surface area (Å²) in [6.07, 6.45) is -0.200. The number of sulfonamides is 1. The van der Waals surface area contributed by atoms with E-state index in [1.54, 1.807) is 4.90 Å². The van der Waals surface area contributed by atoms with E-state index in [0.717, 1.165) is 6.07 Å². The lowest BCUT2D eigenvalue weighted by Crippen LogP contribution is -2.49. The van der Waals surface area contributed by atoms with Gasteiger partial charge >= 0.3 is 5.97 Å². The van der Waals surface area contributed by atoms with Gasteiger partial charge in [-0.25, -0.2) is 18.4 Å². The van der Waals surface area contributed by atoms with Crippen LogP contribution in [0, 0.1) is 0 Å². The number of benzene rings is 1. The van der Waals surface area contributed by atoms with Crippen LogP contribution in [0.2, 0.25) is 5.02 Å². The second-order valence-electron chi connectivity index (χ2n) is 5.82. The van der Waals surface area contributed by atoms with Crippen molar-refractivity contribution in [3.05, 3.63) is 28.8 Å². The number of primary sulfonamides is 1. The minimum absolute atomic E-state index is 0.0649. The molecule has 8 nitrogen and oxygen atoms in total. The second-order valence-corrected chi connectivity index (χ2v) is 7.76. The number of halogens is 1. The predicted octanol–water partition coefficient (Wildman–Crippen LogP) is 0.780. The molecule has 0 bridgehead atoms. The van der Waals surface area contributed by atoms with Crippen LogP contribution < -0.4 is 5.14 Å².